The number of amides is 1. The van der Waals surface area contributed by atoms with Crippen molar-refractivity contribution in [1.29, 1.82) is 0 Å². The predicted molar refractivity (Wildman–Crippen MR) is 83.0 cm³/mol. The molecule has 1 unspecified atom stereocenters. The minimum absolute atomic E-state index is 0.00507. The van der Waals surface area contributed by atoms with E-state index < -0.39 is 0 Å². The van der Waals surface area contributed by atoms with Crippen LogP contribution in [0.2, 0.25) is 0 Å². The third kappa shape index (κ3) is 4.03. The number of aryl methyl sites for hydroxylation is 1. The molecular formula is C16H25N3O2. The van der Waals surface area contributed by atoms with Crippen molar-refractivity contribution in [3.8, 4) is 0 Å². The van der Waals surface area contributed by atoms with Crippen LogP contribution in [0, 0.1) is 6.92 Å². The van der Waals surface area contributed by atoms with E-state index in [1.807, 2.05) is 17.0 Å². The van der Waals surface area contributed by atoms with Gasteiger partial charge in [-0.25, -0.2) is 0 Å². The van der Waals surface area contributed by atoms with E-state index in [-0.39, 0.29) is 12.1 Å². The van der Waals surface area contributed by atoms with E-state index in [2.05, 4.69) is 36.3 Å². The first-order valence-electron chi connectivity index (χ1n) is 7.39. The normalized spacial score (nSPS) is 18.8. The number of rotatable bonds is 7. The van der Waals surface area contributed by atoms with E-state index in [1.54, 1.807) is 7.11 Å². The third-order valence-electron chi connectivity index (χ3n) is 3.96. The second-order valence-electron chi connectivity index (χ2n) is 5.52. The summed E-state index contributed by atoms with van der Waals surface area (Å²) in [5.41, 5.74) is 2.39. The molecule has 1 N–H and O–H groups in total. The summed E-state index contributed by atoms with van der Waals surface area (Å²) in [5, 5.41) is 3.31. The highest BCUT2D eigenvalue weighted by Crippen LogP contribution is 2.24. The Labute approximate surface area is 126 Å². The molecule has 1 amide bonds. The Bertz CT molecular complexity index is 478. The molecule has 1 aromatic rings. The minimum Gasteiger partial charge on any atom is -0.383 e. The van der Waals surface area contributed by atoms with Crippen molar-refractivity contribution in [2.75, 3.05) is 46.9 Å². The van der Waals surface area contributed by atoms with Gasteiger partial charge in [0.15, 0.2) is 0 Å². The molecule has 0 bridgehead atoms. The van der Waals surface area contributed by atoms with Crippen LogP contribution in [-0.2, 0) is 9.53 Å². The highest BCUT2D eigenvalue weighted by Gasteiger charge is 2.31. The molecule has 1 aliphatic rings. The largest absolute Gasteiger partial charge is 0.383 e. The highest BCUT2D eigenvalue weighted by molar-refractivity contribution is 5.81. The standard InChI is InChI=1S/C16H25N3O2/c1-13-6-4-5-7-14(13)16-17-12-15(20)19(16)9-8-18(2)10-11-21-3/h4-7,16-17H,8-12H2,1-3H3. The molecule has 1 aliphatic heterocycles. The highest BCUT2D eigenvalue weighted by atomic mass is 16.5. The molecule has 5 heteroatoms. The molecule has 116 valence electrons. The van der Waals surface area contributed by atoms with Crippen molar-refractivity contribution in [3.05, 3.63) is 35.4 Å². The van der Waals surface area contributed by atoms with Crippen molar-refractivity contribution >= 4 is 5.91 Å². The number of likely N-dealkylation sites (N-methyl/N-ethyl adjacent to an activating group) is 1. The van der Waals surface area contributed by atoms with Crippen LogP contribution < -0.4 is 5.32 Å². The zero-order valence-electron chi connectivity index (χ0n) is 13.1. The molecule has 1 saturated heterocycles. The van der Waals surface area contributed by atoms with E-state index >= 15 is 0 Å². The van der Waals surface area contributed by atoms with Crippen molar-refractivity contribution in [2.45, 2.75) is 13.1 Å². The first kappa shape index (κ1) is 15.9. The molecule has 1 atom stereocenters. The number of benzene rings is 1. The van der Waals surface area contributed by atoms with Gasteiger partial charge in [-0.2, -0.15) is 0 Å². The van der Waals surface area contributed by atoms with Crippen LogP contribution in [0.4, 0.5) is 0 Å². The van der Waals surface area contributed by atoms with Gasteiger partial charge in [0.05, 0.1) is 13.2 Å². The van der Waals surface area contributed by atoms with Crippen LogP contribution in [0.3, 0.4) is 0 Å². The lowest BCUT2D eigenvalue weighted by Crippen LogP contribution is -2.38. The molecule has 1 heterocycles. The van der Waals surface area contributed by atoms with Gasteiger partial charge in [0.2, 0.25) is 5.91 Å². The van der Waals surface area contributed by atoms with Crippen molar-refractivity contribution in [2.24, 2.45) is 0 Å². The van der Waals surface area contributed by atoms with E-state index in [0.717, 1.165) is 19.6 Å². The van der Waals surface area contributed by atoms with E-state index in [4.69, 9.17) is 4.74 Å². The topological polar surface area (TPSA) is 44.8 Å². The molecule has 0 spiro atoms. The van der Waals surface area contributed by atoms with Crippen molar-refractivity contribution in [3.63, 3.8) is 0 Å². The molecule has 2 rings (SSSR count). The SMILES string of the molecule is COCCN(C)CCN1C(=O)CNC1c1ccccc1C. The molecule has 5 nitrogen and oxygen atoms in total. The summed E-state index contributed by atoms with van der Waals surface area (Å²) in [7, 11) is 3.76. The fourth-order valence-corrected chi connectivity index (χ4v) is 2.60. The van der Waals surface area contributed by atoms with Crippen molar-refractivity contribution in [1.82, 2.24) is 15.1 Å². The number of hydrogen-bond acceptors (Lipinski definition) is 4. The Morgan fingerprint density at radius 1 is 1.38 bits per heavy atom. The second kappa shape index (κ2) is 7.54. The third-order valence-corrected chi connectivity index (χ3v) is 3.96. The number of carbonyl (C=O) groups is 1. The van der Waals surface area contributed by atoms with Gasteiger partial charge in [-0.1, -0.05) is 24.3 Å². The molecule has 0 radical (unpaired) electrons. The lowest BCUT2D eigenvalue weighted by molar-refractivity contribution is -0.128. The van der Waals surface area contributed by atoms with Gasteiger partial charge >= 0.3 is 0 Å². The zero-order valence-corrected chi connectivity index (χ0v) is 13.1. The Morgan fingerprint density at radius 2 is 2.14 bits per heavy atom. The van der Waals surface area contributed by atoms with E-state index in [0.29, 0.717) is 13.2 Å². The fourth-order valence-electron chi connectivity index (χ4n) is 2.60. The minimum atomic E-state index is -0.00507. The number of ether oxygens (including phenoxy) is 1. The Balaban J connectivity index is 1.99. The number of nitrogens with zero attached hydrogens (tertiary/aromatic N) is 2. The molecule has 1 fully saturated rings. The maximum Gasteiger partial charge on any atom is 0.238 e. The van der Waals surface area contributed by atoms with Crippen LogP contribution in [0.1, 0.15) is 17.3 Å². The van der Waals surface area contributed by atoms with E-state index in [9.17, 15) is 4.79 Å². The van der Waals surface area contributed by atoms with Gasteiger partial charge in [-0.05, 0) is 25.1 Å². The number of carbonyl (C=O) groups excluding carboxylic acids is 1. The smallest absolute Gasteiger partial charge is 0.238 e. The lowest BCUT2D eigenvalue weighted by atomic mass is 10.1. The maximum atomic E-state index is 12.1. The molecule has 0 aliphatic carbocycles. The Kier molecular flexibility index (Phi) is 5.73. The molecule has 21 heavy (non-hydrogen) atoms. The number of hydrogen-bond donors (Lipinski definition) is 1. The summed E-state index contributed by atoms with van der Waals surface area (Å²) in [6.07, 6.45) is -0.00507. The number of nitrogens with one attached hydrogen (secondary N) is 1. The lowest BCUT2D eigenvalue weighted by Gasteiger charge is -2.28. The van der Waals surface area contributed by atoms with Crippen LogP contribution in [0.15, 0.2) is 24.3 Å². The van der Waals surface area contributed by atoms with Gasteiger partial charge < -0.3 is 14.5 Å². The Morgan fingerprint density at radius 3 is 2.86 bits per heavy atom. The van der Waals surface area contributed by atoms with Crippen LogP contribution in [0.25, 0.3) is 0 Å². The fraction of sp³-hybridized carbons (Fsp3) is 0.562. The van der Waals surface area contributed by atoms with E-state index in [1.165, 1.54) is 11.1 Å². The Hall–Kier alpha value is -1.43. The van der Waals surface area contributed by atoms with Crippen LogP contribution in [0.5, 0.6) is 0 Å². The van der Waals surface area contributed by atoms with Gasteiger partial charge in [0.1, 0.15) is 6.17 Å². The quantitative estimate of drug-likeness (QED) is 0.814. The summed E-state index contributed by atoms with van der Waals surface area (Å²) in [4.78, 5) is 16.2. The summed E-state index contributed by atoms with van der Waals surface area (Å²) in [5.74, 6) is 0.170. The monoisotopic (exact) mass is 291 g/mol. The second-order valence-corrected chi connectivity index (χ2v) is 5.52. The maximum absolute atomic E-state index is 12.1. The van der Waals surface area contributed by atoms with Gasteiger partial charge in [-0.15, -0.1) is 0 Å². The summed E-state index contributed by atoms with van der Waals surface area (Å²) >= 11 is 0. The molecular weight excluding hydrogens is 266 g/mol. The van der Waals surface area contributed by atoms with Gasteiger partial charge in [-0.3, -0.25) is 10.1 Å². The summed E-state index contributed by atoms with van der Waals surface area (Å²) in [6, 6.07) is 8.23. The summed E-state index contributed by atoms with van der Waals surface area (Å²) < 4.78 is 5.08. The molecule has 0 aromatic heterocycles. The average molecular weight is 291 g/mol. The first-order chi connectivity index (χ1) is 10.1. The zero-order chi connectivity index (χ0) is 15.2. The summed E-state index contributed by atoms with van der Waals surface area (Å²) in [6.45, 7) is 5.67. The van der Waals surface area contributed by atoms with Crippen LogP contribution >= 0.6 is 0 Å². The molecule has 0 saturated carbocycles. The predicted octanol–water partition coefficient (Wildman–Crippen LogP) is 1.00. The van der Waals surface area contributed by atoms with Crippen molar-refractivity contribution < 1.29 is 9.53 Å². The first-order valence-corrected chi connectivity index (χ1v) is 7.39. The molecule has 1 aromatic carbocycles. The number of methoxy groups -OCH3 is 1. The van der Waals surface area contributed by atoms with Gasteiger partial charge in [0.25, 0.3) is 0 Å². The average Bonchev–Trinajstić information content (AvgIpc) is 2.84. The van der Waals surface area contributed by atoms with Crippen LogP contribution in [-0.4, -0.2) is 62.7 Å². The van der Waals surface area contributed by atoms with Gasteiger partial charge in [0, 0.05) is 26.7 Å².